The Hall–Kier alpha value is -0.770. The van der Waals surface area contributed by atoms with Gasteiger partial charge in [0.1, 0.15) is 5.60 Å². The van der Waals surface area contributed by atoms with E-state index in [-0.39, 0.29) is 6.09 Å². The number of alkyl carbamates (subject to hydrolysis) is 1. The first-order chi connectivity index (χ1) is 8.28. The first-order valence-electron chi connectivity index (χ1n) is 6.93. The second-order valence-corrected chi connectivity index (χ2v) is 5.87. The quantitative estimate of drug-likeness (QED) is 0.763. The molecule has 0 aliphatic rings. The second-order valence-electron chi connectivity index (χ2n) is 5.87. The van der Waals surface area contributed by atoms with Crippen LogP contribution in [0.2, 0.25) is 0 Å². The molecule has 0 aromatic carbocycles. The first-order valence-corrected chi connectivity index (χ1v) is 6.93. The monoisotopic (exact) mass is 258 g/mol. The summed E-state index contributed by atoms with van der Waals surface area (Å²) >= 11 is 0. The van der Waals surface area contributed by atoms with E-state index in [1.165, 1.54) is 12.8 Å². The van der Waals surface area contributed by atoms with Gasteiger partial charge in [0, 0.05) is 19.6 Å². The number of amides is 1. The number of hydrogen-bond donors (Lipinski definition) is 1. The Morgan fingerprint density at radius 3 is 2.28 bits per heavy atom. The molecule has 0 heterocycles. The standard InChI is InChI=1S/C14H30N2O2/c1-7-12(8-2)11-16(6)10-9-15-13(17)18-14(3,4)5/h12H,7-11H2,1-6H3,(H,15,17). The minimum Gasteiger partial charge on any atom is -0.444 e. The predicted octanol–water partition coefficient (Wildman–Crippen LogP) is 2.88. The predicted molar refractivity (Wildman–Crippen MR) is 75.8 cm³/mol. The molecule has 0 aliphatic carbocycles. The van der Waals surface area contributed by atoms with Crippen molar-refractivity contribution in [1.29, 1.82) is 0 Å². The van der Waals surface area contributed by atoms with Gasteiger partial charge >= 0.3 is 6.09 Å². The zero-order valence-electron chi connectivity index (χ0n) is 12.9. The van der Waals surface area contributed by atoms with E-state index in [1.807, 2.05) is 20.8 Å². The molecule has 0 saturated carbocycles. The molecule has 1 N–H and O–H groups in total. The molecule has 18 heavy (non-hydrogen) atoms. The SMILES string of the molecule is CCC(CC)CN(C)CCNC(=O)OC(C)(C)C. The first kappa shape index (κ1) is 17.2. The van der Waals surface area contributed by atoms with Gasteiger partial charge in [0.15, 0.2) is 0 Å². The van der Waals surface area contributed by atoms with Gasteiger partial charge in [-0.15, -0.1) is 0 Å². The minimum atomic E-state index is -0.425. The Morgan fingerprint density at radius 1 is 1.28 bits per heavy atom. The molecule has 4 nitrogen and oxygen atoms in total. The smallest absolute Gasteiger partial charge is 0.407 e. The number of carbonyl (C=O) groups excluding carboxylic acids is 1. The Balaban J connectivity index is 3.74. The number of nitrogens with one attached hydrogen (secondary N) is 1. The summed E-state index contributed by atoms with van der Waals surface area (Å²) in [4.78, 5) is 13.7. The molecule has 0 fully saturated rings. The van der Waals surface area contributed by atoms with Crippen molar-refractivity contribution in [2.24, 2.45) is 5.92 Å². The third-order valence-corrected chi connectivity index (χ3v) is 2.89. The van der Waals surface area contributed by atoms with Crippen molar-refractivity contribution >= 4 is 6.09 Å². The molecule has 0 unspecified atom stereocenters. The van der Waals surface area contributed by atoms with E-state index in [0.29, 0.717) is 6.54 Å². The lowest BCUT2D eigenvalue weighted by molar-refractivity contribution is 0.0523. The van der Waals surface area contributed by atoms with Crippen LogP contribution in [0.4, 0.5) is 4.79 Å². The number of nitrogens with zero attached hydrogens (tertiary/aromatic N) is 1. The molecule has 0 radical (unpaired) electrons. The van der Waals surface area contributed by atoms with Gasteiger partial charge in [-0.1, -0.05) is 26.7 Å². The molecule has 0 aliphatic heterocycles. The maximum Gasteiger partial charge on any atom is 0.407 e. The molecule has 0 aromatic heterocycles. The molecular weight excluding hydrogens is 228 g/mol. The summed E-state index contributed by atoms with van der Waals surface area (Å²) in [5, 5.41) is 2.78. The number of hydrogen-bond acceptors (Lipinski definition) is 3. The van der Waals surface area contributed by atoms with Crippen LogP contribution < -0.4 is 5.32 Å². The summed E-state index contributed by atoms with van der Waals surface area (Å²) in [6.45, 7) is 12.6. The van der Waals surface area contributed by atoms with E-state index in [2.05, 4.69) is 31.1 Å². The van der Waals surface area contributed by atoms with E-state index >= 15 is 0 Å². The summed E-state index contributed by atoms with van der Waals surface area (Å²) in [6, 6.07) is 0. The molecule has 108 valence electrons. The van der Waals surface area contributed by atoms with Crippen molar-refractivity contribution in [2.45, 2.75) is 53.1 Å². The molecule has 0 atom stereocenters. The minimum absolute atomic E-state index is 0.335. The average Bonchev–Trinajstić information content (AvgIpc) is 2.23. The third-order valence-electron chi connectivity index (χ3n) is 2.89. The Morgan fingerprint density at radius 2 is 1.83 bits per heavy atom. The zero-order valence-corrected chi connectivity index (χ0v) is 12.9. The van der Waals surface area contributed by atoms with Crippen LogP contribution in [0.25, 0.3) is 0 Å². The van der Waals surface area contributed by atoms with Gasteiger partial charge in [-0.2, -0.15) is 0 Å². The Labute approximate surface area is 112 Å². The maximum atomic E-state index is 11.4. The number of carbonyl (C=O) groups is 1. The Kier molecular flexibility index (Phi) is 8.00. The molecule has 0 spiro atoms. The number of rotatable bonds is 7. The van der Waals surface area contributed by atoms with Gasteiger partial charge in [0.25, 0.3) is 0 Å². The molecule has 0 bridgehead atoms. The van der Waals surface area contributed by atoms with Crippen molar-refractivity contribution in [1.82, 2.24) is 10.2 Å². The summed E-state index contributed by atoms with van der Waals surface area (Å²) in [6.07, 6.45) is 2.08. The topological polar surface area (TPSA) is 41.6 Å². The van der Waals surface area contributed by atoms with Crippen LogP contribution in [0.1, 0.15) is 47.5 Å². The lowest BCUT2D eigenvalue weighted by Gasteiger charge is -2.23. The molecule has 4 heteroatoms. The van der Waals surface area contributed by atoms with Crippen molar-refractivity contribution in [3.05, 3.63) is 0 Å². The highest BCUT2D eigenvalue weighted by atomic mass is 16.6. The van der Waals surface area contributed by atoms with Crippen LogP contribution in [0.3, 0.4) is 0 Å². The average molecular weight is 258 g/mol. The van der Waals surface area contributed by atoms with Crippen LogP contribution in [0, 0.1) is 5.92 Å². The molecule has 0 saturated heterocycles. The molecule has 1 amide bonds. The molecular formula is C14H30N2O2. The molecule has 0 rings (SSSR count). The van der Waals surface area contributed by atoms with Gasteiger partial charge in [-0.3, -0.25) is 0 Å². The summed E-state index contributed by atoms with van der Waals surface area (Å²) in [5.41, 5.74) is -0.425. The van der Waals surface area contributed by atoms with Crippen LogP contribution in [0.15, 0.2) is 0 Å². The van der Waals surface area contributed by atoms with Crippen LogP contribution >= 0.6 is 0 Å². The maximum absolute atomic E-state index is 11.4. The highest BCUT2D eigenvalue weighted by Gasteiger charge is 2.15. The van der Waals surface area contributed by atoms with E-state index in [0.717, 1.165) is 19.0 Å². The Bertz CT molecular complexity index is 232. The molecule has 0 aromatic rings. The number of ether oxygens (including phenoxy) is 1. The van der Waals surface area contributed by atoms with Gasteiger partial charge in [0.05, 0.1) is 0 Å². The lowest BCUT2D eigenvalue weighted by Crippen LogP contribution is -2.38. The zero-order chi connectivity index (χ0) is 14.2. The fourth-order valence-electron chi connectivity index (χ4n) is 1.74. The van der Waals surface area contributed by atoms with Crippen LogP contribution in [-0.4, -0.2) is 43.3 Å². The van der Waals surface area contributed by atoms with Crippen molar-refractivity contribution < 1.29 is 9.53 Å². The fourth-order valence-corrected chi connectivity index (χ4v) is 1.74. The normalized spacial score (nSPS) is 12.0. The van der Waals surface area contributed by atoms with Crippen LogP contribution in [0.5, 0.6) is 0 Å². The van der Waals surface area contributed by atoms with Gasteiger partial charge in [-0.05, 0) is 33.7 Å². The van der Waals surface area contributed by atoms with Gasteiger partial charge < -0.3 is 15.0 Å². The van der Waals surface area contributed by atoms with E-state index < -0.39 is 5.60 Å². The largest absolute Gasteiger partial charge is 0.444 e. The second kappa shape index (κ2) is 8.35. The summed E-state index contributed by atoms with van der Waals surface area (Å²) in [7, 11) is 2.09. The third kappa shape index (κ3) is 9.28. The highest BCUT2D eigenvalue weighted by Crippen LogP contribution is 2.08. The van der Waals surface area contributed by atoms with Gasteiger partial charge in [-0.25, -0.2) is 4.79 Å². The lowest BCUT2D eigenvalue weighted by atomic mass is 10.0. The summed E-state index contributed by atoms with van der Waals surface area (Å²) < 4.78 is 5.17. The van der Waals surface area contributed by atoms with E-state index in [4.69, 9.17) is 4.74 Å². The highest BCUT2D eigenvalue weighted by molar-refractivity contribution is 5.67. The number of likely N-dealkylation sites (N-methyl/N-ethyl adjacent to an activating group) is 1. The van der Waals surface area contributed by atoms with Crippen LogP contribution in [-0.2, 0) is 4.74 Å². The van der Waals surface area contributed by atoms with Gasteiger partial charge in [0.2, 0.25) is 0 Å². The van der Waals surface area contributed by atoms with Crippen molar-refractivity contribution in [3.63, 3.8) is 0 Å². The van der Waals surface area contributed by atoms with Crippen molar-refractivity contribution in [3.8, 4) is 0 Å². The van der Waals surface area contributed by atoms with E-state index in [9.17, 15) is 4.79 Å². The summed E-state index contributed by atoms with van der Waals surface area (Å²) in [5.74, 6) is 0.747. The van der Waals surface area contributed by atoms with Crippen molar-refractivity contribution in [2.75, 3.05) is 26.7 Å². The van der Waals surface area contributed by atoms with E-state index in [1.54, 1.807) is 0 Å². The fraction of sp³-hybridized carbons (Fsp3) is 0.929.